The first-order valence-corrected chi connectivity index (χ1v) is 3.37. The molecule has 0 aliphatic rings. The minimum atomic E-state index is -1.07. The van der Waals surface area contributed by atoms with Gasteiger partial charge in [-0.1, -0.05) is 6.58 Å². The summed E-state index contributed by atoms with van der Waals surface area (Å²) in [5.41, 5.74) is 4.73. The van der Waals surface area contributed by atoms with E-state index in [1.165, 1.54) is 13.8 Å². The third kappa shape index (κ3) is 2.30. The Kier molecular flexibility index (Phi) is 3.34. The van der Waals surface area contributed by atoms with E-state index in [1.807, 2.05) is 0 Å². The largest absolute Gasteiger partial charge is 0.366 e. The van der Waals surface area contributed by atoms with Gasteiger partial charge in [-0.05, 0) is 13.8 Å². The van der Waals surface area contributed by atoms with Crippen molar-refractivity contribution in [3.63, 3.8) is 0 Å². The van der Waals surface area contributed by atoms with E-state index < -0.39 is 23.4 Å². The van der Waals surface area contributed by atoms with Gasteiger partial charge < -0.3 is 5.73 Å². The number of hydrogen-bond donors (Lipinski definition) is 1. The second-order valence-electron chi connectivity index (χ2n) is 2.54. The lowest BCUT2D eigenvalue weighted by Crippen LogP contribution is -2.29. The maximum absolute atomic E-state index is 10.8. The number of carbonyl (C=O) groups excluding carboxylic acids is 3. The Morgan fingerprint density at radius 2 is 1.50 bits per heavy atom. The number of amides is 1. The highest BCUT2D eigenvalue weighted by Crippen LogP contribution is 2.10. The van der Waals surface area contributed by atoms with E-state index in [2.05, 4.69) is 6.58 Å². The summed E-state index contributed by atoms with van der Waals surface area (Å²) in [7, 11) is 0. The van der Waals surface area contributed by atoms with Crippen LogP contribution in [0.2, 0.25) is 0 Å². The molecule has 0 aliphatic carbocycles. The standard InChI is InChI=1S/C8H11NO3/c1-4(8(9)12)7(5(2)10)6(3)11/h7H,1H2,2-3H3,(H2,9,12). The summed E-state index contributed by atoms with van der Waals surface area (Å²) in [6.07, 6.45) is 0. The summed E-state index contributed by atoms with van der Waals surface area (Å²) in [6, 6.07) is 0. The van der Waals surface area contributed by atoms with Crippen molar-refractivity contribution >= 4 is 17.5 Å². The van der Waals surface area contributed by atoms with Crippen molar-refractivity contribution in [3.05, 3.63) is 12.2 Å². The van der Waals surface area contributed by atoms with Crippen LogP contribution in [-0.4, -0.2) is 17.5 Å². The lowest BCUT2D eigenvalue weighted by Gasteiger charge is -2.09. The minimum absolute atomic E-state index is 0.144. The zero-order valence-electron chi connectivity index (χ0n) is 7.09. The van der Waals surface area contributed by atoms with E-state index in [1.54, 1.807) is 0 Å². The van der Waals surface area contributed by atoms with Crippen molar-refractivity contribution < 1.29 is 14.4 Å². The zero-order chi connectivity index (χ0) is 9.89. The summed E-state index contributed by atoms with van der Waals surface area (Å²) in [4.78, 5) is 32.3. The van der Waals surface area contributed by atoms with Crippen molar-refractivity contribution in [2.75, 3.05) is 0 Å². The van der Waals surface area contributed by atoms with Gasteiger partial charge >= 0.3 is 0 Å². The third-order valence-corrected chi connectivity index (χ3v) is 1.48. The van der Waals surface area contributed by atoms with Gasteiger partial charge in [0.1, 0.15) is 17.5 Å². The second-order valence-corrected chi connectivity index (χ2v) is 2.54. The molecule has 12 heavy (non-hydrogen) atoms. The lowest BCUT2D eigenvalue weighted by molar-refractivity contribution is -0.130. The summed E-state index contributed by atoms with van der Waals surface area (Å²) in [5.74, 6) is -2.70. The third-order valence-electron chi connectivity index (χ3n) is 1.48. The molecule has 0 radical (unpaired) electrons. The summed E-state index contributed by atoms with van der Waals surface area (Å²) in [5, 5.41) is 0. The second kappa shape index (κ2) is 3.80. The lowest BCUT2D eigenvalue weighted by atomic mass is 9.92. The Morgan fingerprint density at radius 3 is 1.58 bits per heavy atom. The number of nitrogens with two attached hydrogens (primary N) is 1. The van der Waals surface area contributed by atoms with E-state index in [9.17, 15) is 14.4 Å². The number of hydrogen-bond acceptors (Lipinski definition) is 3. The summed E-state index contributed by atoms with van der Waals surface area (Å²) < 4.78 is 0. The molecule has 0 heterocycles. The van der Waals surface area contributed by atoms with E-state index in [-0.39, 0.29) is 5.57 Å². The molecule has 4 nitrogen and oxygen atoms in total. The Bertz CT molecular complexity index is 241. The monoisotopic (exact) mass is 169 g/mol. The molecule has 1 amide bonds. The maximum atomic E-state index is 10.8. The van der Waals surface area contributed by atoms with Crippen LogP contribution in [0.4, 0.5) is 0 Å². The molecule has 0 aliphatic heterocycles. The van der Waals surface area contributed by atoms with Crippen LogP contribution in [0.1, 0.15) is 13.8 Å². The van der Waals surface area contributed by atoms with Crippen molar-refractivity contribution in [1.82, 2.24) is 0 Å². The van der Waals surface area contributed by atoms with Crippen LogP contribution in [0.3, 0.4) is 0 Å². The van der Waals surface area contributed by atoms with Gasteiger partial charge in [0, 0.05) is 5.57 Å². The molecule has 4 heteroatoms. The number of primary amides is 1. The predicted molar refractivity (Wildman–Crippen MR) is 43.2 cm³/mol. The molecule has 66 valence electrons. The van der Waals surface area contributed by atoms with E-state index >= 15 is 0 Å². The fourth-order valence-electron chi connectivity index (χ4n) is 0.919. The summed E-state index contributed by atoms with van der Waals surface area (Å²) in [6.45, 7) is 5.73. The molecule has 0 fully saturated rings. The van der Waals surface area contributed by atoms with E-state index in [4.69, 9.17) is 5.73 Å². The van der Waals surface area contributed by atoms with Gasteiger partial charge in [-0.3, -0.25) is 14.4 Å². The van der Waals surface area contributed by atoms with Crippen molar-refractivity contribution in [2.24, 2.45) is 11.7 Å². The fraction of sp³-hybridized carbons (Fsp3) is 0.375. The topological polar surface area (TPSA) is 77.2 Å². The number of ketones is 2. The SMILES string of the molecule is C=C(C(N)=O)C(C(C)=O)C(C)=O. The molecule has 0 aromatic rings. The van der Waals surface area contributed by atoms with Gasteiger partial charge in [0.05, 0.1) is 0 Å². The predicted octanol–water partition coefficient (Wildman–Crippen LogP) is -0.178. The van der Waals surface area contributed by atoms with Gasteiger partial charge in [-0.15, -0.1) is 0 Å². The first kappa shape index (κ1) is 10.6. The van der Waals surface area contributed by atoms with Crippen LogP contribution in [0.15, 0.2) is 12.2 Å². The van der Waals surface area contributed by atoms with Gasteiger partial charge in [-0.2, -0.15) is 0 Å². The Morgan fingerprint density at radius 1 is 1.17 bits per heavy atom. The highest BCUT2D eigenvalue weighted by atomic mass is 16.2. The smallest absolute Gasteiger partial charge is 0.245 e. The van der Waals surface area contributed by atoms with Crippen molar-refractivity contribution in [1.29, 1.82) is 0 Å². The van der Waals surface area contributed by atoms with Gasteiger partial charge in [0.25, 0.3) is 0 Å². The summed E-state index contributed by atoms with van der Waals surface area (Å²) >= 11 is 0. The van der Waals surface area contributed by atoms with E-state index in [0.717, 1.165) is 0 Å². The Balaban J connectivity index is 4.76. The minimum Gasteiger partial charge on any atom is -0.366 e. The highest BCUT2D eigenvalue weighted by Gasteiger charge is 2.25. The molecule has 0 aromatic heterocycles. The first-order valence-electron chi connectivity index (χ1n) is 3.37. The van der Waals surface area contributed by atoms with Crippen LogP contribution in [-0.2, 0) is 14.4 Å². The maximum Gasteiger partial charge on any atom is 0.245 e. The first-order chi connectivity index (χ1) is 5.37. The molecular weight excluding hydrogens is 158 g/mol. The molecule has 0 rings (SSSR count). The highest BCUT2D eigenvalue weighted by molar-refractivity contribution is 6.11. The molecule has 0 bridgehead atoms. The van der Waals surface area contributed by atoms with Crippen molar-refractivity contribution in [2.45, 2.75) is 13.8 Å². The molecule has 0 saturated carbocycles. The Hall–Kier alpha value is -1.45. The van der Waals surface area contributed by atoms with Gasteiger partial charge in [-0.25, -0.2) is 0 Å². The van der Waals surface area contributed by atoms with Crippen LogP contribution < -0.4 is 5.73 Å². The molecule has 0 spiro atoms. The van der Waals surface area contributed by atoms with Crippen LogP contribution in [0.25, 0.3) is 0 Å². The number of rotatable bonds is 4. The van der Waals surface area contributed by atoms with Crippen LogP contribution in [0.5, 0.6) is 0 Å². The zero-order valence-corrected chi connectivity index (χ0v) is 7.09. The van der Waals surface area contributed by atoms with Crippen LogP contribution in [0, 0.1) is 5.92 Å². The Labute approximate surface area is 70.4 Å². The van der Waals surface area contributed by atoms with Gasteiger partial charge in [0.15, 0.2) is 0 Å². The normalized spacial score (nSPS) is 9.58. The van der Waals surface area contributed by atoms with Crippen LogP contribution >= 0.6 is 0 Å². The molecule has 0 atom stereocenters. The average molecular weight is 169 g/mol. The number of Topliss-reactive ketones (excluding diaryl/α,β-unsaturated/α-hetero) is 2. The van der Waals surface area contributed by atoms with Crippen molar-refractivity contribution in [3.8, 4) is 0 Å². The average Bonchev–Trinajstić information content (AvgIpc) is 1.85. The quantitative estimate of drug-likeness (QED) is 0.468. The number of carbonyl (C=O) groups is 3. The van der Waals surface area contributed by atoms with E-state index in [0.29, 0.717) is 0 Å². The molecular formula is C8H11NO3. The molecule has 0 unspecified atom stereocenters. The molecule has 2 N–H and O–H groups in total. The fourth-order valence-corrected chi connectivity index (χ4v) is 0.919. The molecule has 0 aromatic carbocycles. The van der Waals surface area contributed by atoms with Gasteiger partial charge in [0.2, 0.25) is 5.91 Å². The molecule has 0 saturated heterocycles.